The van der Waals surface area contributed by atoms with Crippen molar-refractivity contribution in [3.05, 3.63) is 29.3 Å². The molecule has 0 radical (unpaired) electrons. The van der Waals surface area contributed by atoms with Gasteiger partial charge in [0, 0.05) is 18.5 Å². The quantitative estimate of drug-likeness (QED) is 0.800. The van der Waals surface area contributed by atoms with Crippen LogP contribution in [-0.4, -0.2) is 19.3 Å². The van der Waals surface area contributed by atoms with Crippen molar-refractivity contribution in [2.45, 2.75) is 25.2 Å². The Hall–Kier alpha value is -1.23. The molecular weight excluding hydrogens is 219 g/mol. The minimum Gasteiger partial charge on any atom is -0.496 e. The minimum absolute atomic E-state index is 0.0666. The molecule has 1 aliphatic heterocycles. The highest BCUT2D eigenvalue weighted by Gasteiger charge is 2.41. The van der Waals surface area contributed by atoms with Crippen LogP contribution in [0, 0.1) is 0 Å². The largest absolute Gasteiger partial charge is 0.496 e. The summed E-state index contributed by atoms with van der Waals surface area (Å²) in [6.45, 7) is 0.233. The fourth-order valence-electron chi connectivity index (χ4n) is 1.94. The number of benzene rings is 1. The molecule has 1 N–H and O–H groups in total. The van der Waals surface area contributed by atoms with E-state index in [0.717, 1.165) is 5.56 Å². The molecule has 0 spiro atoms. The Balaban J connectivity index is 2.31. The first-order chi connectivity index (χ1) is 7.52. The van der Waals surface area contributed by atoms with Gasteiger partial charge in [0.15, 0.2) is 0 Å². The van der Waals surface area contributed by atoms with Crippen LogP contribution in [0.5, 0.6) is 5.75 Å². The summed E-state index contributed by atoms with van der Waals surface area (Å²) in [6.07, 6.45) is -4.28. The SMILES string of the molecule is COc1cccc2c1CC(C(F)(F)F)NC2. The third kappa shape index (κ3) is 2.00. The van der Waals surface area contributed by atoms with Crippen molar-refractivity contribution in [3.8, 4) is 5.75 Å². The van der Waals surface area contributed by atoms with Crippen LogP contribution >= 0.6 is 0 Å². The number of alkyl halides is 3. The molecule has 2 nitrogen and oxygen atoms in total. The lowest BCUT2D eigenvalue weighted by atomic mass is 9.94. The van der Waals surface area contributed by atoms with Crippen LogP contribution in [0.25, 0.3) is 0 Å². The Morgan fingerprint density at radius 2 is 2.12 bits per heavy atom. The summed E-state index contributed by atoms with van der Waals surface area (Å²) >= 11 is 0. The van der Waals surface area contributed by atoms with E-state index in [-0.39, 0.29) is 13.0 Å². The summed E-state index contributed by atoms with van der Waals surface area (Å²) in [4.78, 5) is 0. The summed E-state index contributed by atoms with van der Waals surface area (Å²) in [5.74, 6) is 0.535. The first kappa shape index (κ1) is 11.3. The first-order valence-electron chi connectivity index (χ1n) is 4.97. The monoisotopic (exact) mass is 231 g/mol. The average molecular weight is 231 g/mol. The maximum absolute atomic E-state index is 12.6. The van der Waals surface area contributed by atoms with Crippen molar-refractivity contribution < 1.29 is 17.9 Å². The van der Waals surface area contributed by atoms with E-state index < -0.39 is 12.2 Å². The highest BCUT2D eigenvalue weighted by Crippen LogP contribution is 2.32. The Morgan fingerprint density at radius 3 is 2.75 bits per heavy atom. The third-order valence-corrected chi connectivity index (χ3v) is 2.79. The van der Waals surface area contributed by atoms with E-state index in [1.165, 1.54) is 7.11 Å². The number of ether oxygens (including phenoxy) is 1. The number of hydrogen-bond donors (Lipinski definition) is 1. The van der Waals surface area contributed by atoms with Gasteiger partial charge < -0.3 is 10.1 Å². The first-order valence-corrected chi connectivity index (χ1v) is 4.97. The molecule has 0 aromatic heterocycles. The van der Waals surface area contributed by atoms with Crippen LogP contribution in [0.15, 0.2) is 18.2 Å². The maximum atomic E-state index is 12.6. The normalized spacial score (nSPS) is 20.4. The van der Waals surface area contributed by atoms with Gasteiger partial charge in [-0.15, -0.1) is 0 Å². The van der Waals surface area contributed by atoms with Crippen molar-refractivity contribution in [1.29, 1.82) is 0 Å². The molecule has 5 heteroatoms. The van der Waals surface area contributed by atoms with Crippen LogP contribution in [-0.2, 0) is 13.0 Å². The van der Waals surface area contributed by atoms with Gasteiger partial charge in [0.25, 0.3) is 0 Å². The molecule has 0 bridgehead atoms. The fourth-order valence-corrected chi connectivity index (χ4v) is 1.94. The number of fused-ring (bicyclic) bond motifs is 1. The Kier molecular flexibility index (Phi) is 2.80. The second kappa shape index (κ2) is 3.97. The number of halogens is 3. The zero-order valence-electron chi connectivity index (χ0n) is 8.77. The van der Waals surface area contributed by atoms with Crippen LogP contribution < -0.4 is 10.1 Å². The van der Waals surface area contributed by atoms with Crippen LogP contribution in [0.4, 0.5) is 13.2 Å². The molecule has 1 aliphatic rings. The summed E-state index contributed by atoms with van der Waals surface area (Å²) in [6, 6.07) is 3.82. The molecule has 0 saturated heterocycles. The lowest BCUT2D eigenvalue weighted by Crippen LogP contribution is -2.46. The van der Waals surface area contributed by atoms with Gasteiger partial charge in [-0.3, -0.25) is 0 Å². The Labute approximate surface area is 91.4 Å². The smallest absolute Gasteiger partial charge is 0.404 e. The second-order valence-electron chi connectivity index (χ2n) is 3.78. The molecular formula is C11H12F3NO. The zero-order valence-corrected chi connectivity index (χ0v) is 8.77. The van der Waals surface area contributed by atoms with Gasteiger partial charge in [0.1, 0.15) is 11.8 Å². The van der Waals surface area contributed by atoms with Crippen molar-refractivity contribution >= 4 is 0 Å². The molecule has 0 saturated carbocycles. The van der Waals surface area contributed by atoms with Crippen molar-refractivity contribution in [1.82, 2.24) is 5.32 Å². The zero-order chi connectivity index (χ0) is 11.8. The number of nitrogens with one attached hydrogen (secondary N) is 1. The van der Waals surface area contributed by atoms with Crippen LogP contribution in [0.2, 0.25) is 0 Å². The number of hydrogen-bond acceptors (Lipinski definition) is 2. The molecule has 0 aliphatic carbocycles. The highest BCUT2D eigenvalue weighted by atomic mass is 19.4. The minimum atomic E-state index is -4.21. The van der Waals surface area contributed by atoms with E-state index in [0.29, 0.717) is 11.3 Å². The predicted molar refractivity (Wildman–Crippen MR) is 53.4 cm³/mol. The van der Waals surface area contributed by atoms with Crippen molar-refractivity contribution in [2.75, 3.05) is 7.11 Å². The summed E-state index contributed by atoms with van der Waals surface area (Å²) < 4.78 is 42.8. The molecule has 1 unspecified atom stereocenters. The van der Waals surface area contributed by atoms with Crippen LogP contribution in [0.1, 0.15) is 11.1 Å². The van der Waals surface area contributed by atoms with Crippen molar-refractivity contribution in [3.63, 3.8) is 0 Å². The van der Waals surface area contributed by atoms with E-state index in [4.69, 9.17) is 4.74 Å². The molecule has 0 amide bonds. The predicted octanol–water partition coefficient (Wildman–Crippen LogP) is 2.27. The van der Waals surface area contributed by atoms with Gasteiger partial charge in [0.2, 0.25) is 0 Å². The van der Waals surface area contributed by atoms with E-state index in [1.807, 2.05) is 6.07 Å². The van der Waals surface area contributed by atoms with Gasteiger partial charge in [-0.2, -0.15) is 13.2 Å². The Morgan fingerprint density at radius 1 is 1.38 bits per heavy atom. The van der Waals surface area contributed by atoms with Crippen LogP contribution in [0.3, 0.4) is 0 Å². The molecule has 1 aromatic carbocycles. The van der Waals surface area contributed by atoms with E-state index >= 15 is 0 Å². The molecule has 1 heterocycles. The standard InChI is InChI=1S/C11H12F3NO/c1-16-9-4-2-3-7-6-15-10(5-8(7)9)11(12,13)14/h2-4,10,15H,5-6H2,1H3. The van der Waals surface area contributed by atoms with Crippen molar-refractivity contribution in [2.24, 2.45) is 0 Å². The lowest BCUT2D eigenvalue weighted by Gasteiger charge is -2.28. The van der Waals surface area contributed by atoms with Gasteiger partial charge >= 0.3 is 6.18 Å². The molecule has 1 aromatic rings. The van der Waals surface area contributed by atoms with E-state index in [9.17, 15) is 13.2 Å². The summed E-state index contributed by atoms with van der Waals surface area (Å²) in [7, 11) is 1.47. The number of methoxy groups -OCH3 is 1. The summed E-state index contributed by atoms with van der Waals surface area (Å²) in [5.41, 5.74) is 1.53. The summed E-state index contributed by atoms with van der Waals surface area (Å²) in [5, 5.41) is 2.49. The van der Waals surface area contributed by atoms with Gasteiger partial charge in [-0.05, 0) is 11.6 Å². The molecule has 1 atom stereocenters. The molecule has 88 valence electrons. The van der Waals surface area contributed by atoms with Gasteiger partial charge in [0.05, 0.1) is 7.11 Å². The van der Waals surface area contributed by atoms with E-state index in [1.54, 1.807) is 12.1 Å². The van der Waals surface area contributed by atoms with Gasteiger partial charge in [-0.25, -0.2) is 0 Å². The Bertz CT molecular complexity index is 375. The molecule has 16 heavy (non-hydrogen) atoms. The molecule has 2 rings (SSSR count). The maximum Gasteiger partial charge on any atom is 0.404 e. The average Bonchev–Trinajstić information content (AvgIpc) is 2.26. The second-order valence-corrected chi connectivity index (χ2v) is 3.78. The van der Waals surface area contributed by atoms with E-state index in [2.05, 4.69) is 5.32 Å². The molecule has 0 fully saturated rings. The lowest BCUT2D eigenvalue weighted by molar-refractivity contribution is -0.157. The topological polar surface area (TPSA) is 21.3 Å². The highest BCUT2D eigenvalue weighted by molar-refractivity contribution is 5.42. The number of rotatable bonds is 1. The van der Waals surface area contributed by atoms with Gasteiger partial charge in [-0.1, -0.05) is 12.1 Å². The fraction of sp³-hybridized carbons (Fsp3) is 0.455. The third-order valence-electron chi connectivity index (χ3n) is 2.79.